The average Bonchev–Trinajstić information content (AvgIpc) is 2.90. The molecule has 0 unspecified atom stereocenters. The van der Waals surface area contributed by atoms with E-state index in [4.69, 9.17) is 4.74 Å². The molecule has 1 aromatic rings. The maximum atomic E-state index is 13.8. The second-order valence-electron chi connectivity index (χ2n) is 4.38. The molecule has 1 amide bonds. The number of rotatable bonds is 4. The van der Waals surface area contributed by atoms with Gasteiger partial charge in [0.2, 0.25) is 0 Å². The predicted molar refractivity (Wildman–Crippen MR) is 70.0 cm³/mol. The molecular weight excluding hydrogens is 249 g/mol. The zero-order valence-corrected chi connectivity index (χ0v) is 10.9. The number of nitrogens with one attached hydrogen (secondary N) is 1. The lowest BCUT2D eigenvalue weighted by molar-refractivity contribution is -0.130. The maximum Gasteiger partial charge on any atom is 0.259 e. The number of carbonyl (C=O) groups excluding carboxylic acids is 1. The van der Waals surface area contributed by atoms with Gasteiger partial charge in [-0.15, -0.1) is 0 Å². The molecule has 1 aliphatic heterocycles. The Hall–Kier alpha value is -2.11. The van der Waals surface area contributed by atoms with Crippen LogP contribution >= 0.6 is 0 Å². The third-order valence-electron chi connectivity index (χ3n) is 2.73. The highest BCUT2D eigenvalue weighted by atomic mass is 19.1. The van der Waals surface area contributed by atoms with Crippen LogP contribution in [-0.4, -0.2) is 50.4 Å². The molecule has 19 heavy (non-hydrogen) atoms. The van der Waals surface area contributed by atoms with E-state index in [2.05, 4.69) is 10.3 Å². The zero-order valence-electron chi connectivity index (χ0n) is 10.9. The van der Waals surface area contributed by atoms with Crippen LogP contribution in [0.25, 0.3) is 0 Å². The van der Waals surface area contributed by atoms with Crippen LogP contribution in [0.5, 0.6) is 5.75 Å². The summed E-state index contributed by atoms with van der Waals surface area (Å²) in [5.41, 5.74) is 0.682. The van der Waals surface area contributed by atoms with E-state index in [0.717, 1.165) is 6.54 Å². The van der Waals surface area contributed by atoms with Gasteiger partial charge in [-0.1, -0.05) is 0 Å². The smallest absolute Gasteiger partial charge is 0.259 e. The summed E-state index contributed by atoms with van der Waals surface area (Å²) in [7, 11) is 3.24. The van der Waals surface area contributed by atoms with Crippen molar-refractivity contribution in [2.24, 2.45) is 4.99 Å². The lowest BCUT2D eigenvalue weighted by Gasteiger charge is -2.12. The van der Waals surface area contributed by atoms with Gasteiger partial charge < -0.3 is 15.0 Å². The molecule has 1 heterocycles. The van der Waals surface area contributed by atoms with Gasteiger partial charge in [-0.25, -0.2) is 4.39 Å². The van der Waals surface area contributed by atoms with Crippen molar-refractivity contribution in [3.05, 3.63) is 29.6 Å². The first-order valence-electron chi connectivity index (χ1n) is 5.99. The predicted octanol–water partition coefficient (Wildman–Crippen LogP) is 0.642. The number of nitrogens with zero attached hydrogens (tertiary/aromatic N) is 2. The molecule has 0 aliphatic carbocycles. The van der Waals surface area contributed by atoms with Gasteiger partial charge in [0.1, 0.15) is 5.84 Å². The topological polar surface area (TPSA) is 53.9 Å². The van der Waals surface area contributed by atoms with E-state index in [9.17, 15) is 9.18 Å². The number of aliphatic imine (C=N–C) groups is 1. The molecule has 0 saturated carbocycles. The molecule has 1 aliphatic rings. The van der Waals surface area contributed by atoms with E-state index < -0.39 is 5.82 Å². The Balaban J connectivity index is 2.05. The molecular formula is C13H16FN3O2. The largest absolute Gasteiger partial charge is 0.481 e. The maximum absolute atomic E-state index is 13.8. The van der Waals surface area contributed by atoms with Crippen LogP contribution in [0.2, 0.25) is 0 Å². The number of hydrogen-bond acceptors (Lipinski definition) is 4. The highest BCUT2D eigenvalue weighted by molar-refractivity contribution is 5.99. The molecule has 0 saturated heterocycles. The summed E-state index contributed by atoms with van der Waals surface area (Å²) >= 11 is 0. The number of halogens is 1. The number of likely N-dealkylation sites (N-methyl/N-ethyl adjacent to an activating group) is 1. The van der Waals surface area contributed by atoms with E-state index in [1.165, 1.54) is 17.0 Å². The monoisotopic (exact) mass is 265 g/mol. The van der Waals surface area contributed by atoms with Gasteiger partial charge in [0.25, 0.3) is 5.91 Å². The summed E-state index contributed by atoms with van der Waals surface area (Å²) in [5.74, 6) is 0.0399. The normalized spacial score (nSPS) is 13.7. The number of hydrogen-bond donors (Lipinski definition) is 1. The minimum absolute atomic E-state index is 0.0672. The molecule has 102 valence electrons. The Morgan fingerprint density at radius 3 is 2.89 bits per heavy atom. The summed E-state index contributed by atoms with van der Waals surface area (Å²) in [6.45, 7) is 1.29. The first-order valence-corrected chi connectivity index (χ1v) is 5.99. The van der Waals surface area contributed by atoms with Crippen LogP contribution < -0.4 is 10.1 Å². The molecule has 1 N–H and O–H groups in total. The zero-order chi connectivity index (χ0) is 13.8. The van der Waals surface area contributed by atoms with Crippen LogP contribution in [0.1, 0.15) is 5.56 Å². The van der Waals surface area contributed by atoms with Crippen LogP contribution in [0.3, 0.4) is 0 Å². The minimum Gasteiger partial charge on any atom is -0.481 e. The van der Waals surface area contributed by atoms with E-state index in [1.54, 1.807) is 20.2 Å². The summed E-state index contributed by atoms with van der Waals surface area (Å²) in [4.78, 5) is 17.0. The van der Waals surface area contributed by atoms with Gasteiger partial charge in [-0.2, -0.15) is 0 Å². The molecule has 6 heteroatoms. The first-order chi connectivity index (χ1) is 9.08. The molecule has 5 nitrogen and oxygen atoms in total. The molecule has 1 aromatic carbocycles. The third kappa shape index (κ3) is 3.21. The average molecular weight is 265 g/mol. The van der Waals surface area contributed by atoms with Crippen molar-refractivity contribution in [2.45, 2.75) is 0 Å². The number of ether oxygens (including phenoxy) is 1. The van der Waals surface area contributed by atoms with Gasteiger partial charge >= 0.3 is 0 Å². The summed E-state index contributed by atoms with van der Waals surface area (Å²) in [5, 5.41) is 3.07. The van der Waals surface area contributed by atoms with Crippen LogP contribution in [0.4, 0.5) is 4.39 Å². The fourth-order valence-corrected chi connectivity index (χ4v) is 1.63. The molecule has 0 spiro atoms. The molecule has 0 bridgehead atoms. The van der Waals surface area contributed by atoms with Gasteiger partial charge in [-0.05, 0) is 18.2 Å². The van der Waals surface area contributed by atoms with Crippen molar-refractivity contribution in [1.82, 2.24) is 10.2 Å². The quantitative estimate of drug-likeness (QED) is 0.869. The third-order valence-corrected chi connectivity index (χ3v) is 2.73. The number of benzene rings is 1. The van der Waals surface area contributed by atoms with Gasteiger partial charge in [0.15, 0.2) is 18.2 Å². The molecule has 0 atom stereocenters. The van der Waals surface area contributed by atoms with Crippen molar-refractivity contribution >= 4 is 11.7 Å². The van der Waals surface area contributed by atoms with Gasteiger partial charge in [0, 0.05) is 26.2 Å². The lowest BCUT2D eigenvalue weighted by Crippen LogP contribution is -2.27. The van der Waals surface area contributed by atoms with Crippen molar-refractivity contribution < 1.29 is 13.9 Å². The summed E-state index contributed by atoms with van der Waals surface area (Å²) in [6.07, 6.45) is 0. The highest BCUT2D eigenvalue weighted by Gasteiger charge is 2.13. The lowest BCUT2D eigenvalue weighted by atomic mass is 10.2. The van der Waals surface area contributed by atoms with Crippen LogP contribution in [0.15, 0.2) is 23.2 Å². The second kappa shape index (κ2) is 5.69. The first kappa shape index (κ1) is 13.3. The van der Waals surface area contributed by atoms with Crippen LogP contribution in [0, 0.1) is 5.82 Å². The molecule has 0 fully saturated rings. The van der Waals surface area contributed by atoms with Crippen molar-refractivity contribution in [1.29, 1.82) is 0 Å². The van der Waals surface area contributed by atoms with Crippen molar-refractivity contribution in [3.8, 4) is 5.75 Å². The molecule has 0 aromatic heterocycles. The van der Waals surface area contributed by atoms with Crippen LogP contribution in [-0.2, 0) is 4.79 Å². The number of amides is 1. The standard InChI is InChI=1S/C13H16FN3O2/c1-17(2)12(18)8-19-11-4-3-9(7-10(11)14)13-15-5-6-16-13/h3-4,7H,5-6,8H2,1-2H3,(H,15,16). The summed E-state index contributed by atoms with van der Waals surface area (Å²) < 4.78 is 19.0. The van der Waals surface area contributed by atoms with Gasteiger partial charge in [0.05, 0.1) is 6.54 Å². The van der Waals surface area contributed by atoms with Crippen molar-refractivity contribution in [2.75, 3.05) is 33.8 Å². The minimum atomic E-state index is -0.500. The van der Waals surface area contributed by atoms with E-state index in [-0.39, 0.29) is 18.3 Å². The number of amidine groups is 1. The van der Waals surface area contributed by atoms with E-state index >= 15 is 0 Å². The Morgan fingerprint density at radius 1 is 1.53 bits per heavy atom. The van der Waals surface area contributed by atoms with Crippen molar-refractivity contribution in [3.63, 3.8) is 0 Å². The molecule has 2 rings (SSSR count). The number of carbonyl (C=O) groups is 1. The Morgan fingerprint density at radius 2 is 2.32 bits per heavy atom. The van der Waals surface area contributed by atoms with E-state index in [1.807, 2.05) is 0 Å². The second-order valence-corrected chi connectivity index (χ2v) is 4.38. The van der Waals surface area contributed by atoms with E-state index in [0.29, 0.717) is 17.9 Å². The molecule has 0 radical (unpaired) electrons. The fraction of sp³-hybridized carbons (Fsp3) is 0.385. The Labute approximate surface area is 111 Å². The van der Waals surface area contributed by atoms with Gasteiger partial charge in [-0.3, -0.25) is 9.79 Å². The summed E-state index contributed by atoms with van der Waals surface area (Å²) in [6, 6.07) is 4.58. The highest BCUT2D eigenvalue weighted by Crippen LogP contribution is 2.19. The Kier molecular flexibility index (Phi) is 3.99. The SMILES string of the molecule is CN(C)C(=O)COc1ccc(C2=NCCN2)cc1F. The fourth-order valence-electron chi connectivity index (χ4n) is 1.63. The Bertz CT molecular complexity index is 515.